The highest BCUT2D eigenvalue weighted by atomic mass is 16.2. The molecule has 1 saturated heterocycles. The lowest BCUT2D eigenvalue weighted by Gasteiger charge is -2.33. The molecule has 2 aliphatic rings. The van der Waals surface area contributed by atoms with Crippen molar-refractivity contribution >= 4 is 11.9 Å². The van der Waals surface area contributed by atoms with Crippen LogP contribution in [0.5, 0.6) is 0 Å². The number of aliphatic imine (C=N–C) groups is 1. The normalized spacial score (nSPS) is 36.9. The van der Waals surface area contributed by atoms with E-state index in [2.05, 4.69) is 22.5 Å². The standard InChI is InChI=1S/C12H21N3O/c1-8(2)13-11-14-10(16)12(15-11)6-4-9(3)5-7-12/h8-9H,4-7H2,1-3H3,(H2,13,14,15,16). The Labute approximate surface area is 96.9 Å². The van der Waals surface area contributed by atoms with Gasteiger partial charge in [0, 0.05) is 6.04 Å². The summed E-state index contributed by atoms with van der Waals surface area (Å²) in [5.41, 5.74) is -0.361. The van der Waals surface area contributed by atoms with Gasteiger partial charge in [0.1, 0.15) is 5.54 Å². The van der Waals surface area contributed by atoms with Crippen LogP contribution >= 0.6 is 0 Å². The predicted molar refractivity (Wildman–Crippen MR) is 64.2 cm³/mol. The topological polar surface area (TPSA) is 53.5 Å². The molecule has 2 N–H and O–H groups in total. The Kier molecular flexibility index (Phi) is 2.91. The first kappa shape index (κ1) is 11.4. The second kappa shape index (κ2) is 4.07. The van der Waals surface area contributed by atoms with Crippen molar-refractivity contribution in [2.24, 2.45) is 10.9 Å². The van der Waals surface area contributed by atoms with Crippen LogP contribution in [-0.2, 0) is 4.79 Å². The number of rotatable bonds is 1. The molecule has 1 saturated carbocycles. The van der Waals surface area contributed by atoms with Gasteiger partial charge in [-0.1, -0.05) is 6.92 Å². The van der Waals surface area contributed by atoms with Crippen LogP contribution in [0.4, 0.5) is 0 Å². The quantitative estimate of drug-likeness (QED) is 0.706. The highest BCUT2D eigenvalue weighted by molar-refractivity contribution is 6.09. The van der Waals surface area contributed by atoms with Crippen LogP contribution in [0.25, 0.3) is 0 Å². The van der Waals surface area contributed by atoms with E-state index in [0.717, 1.165) is 31.6 Å². The third-order valence-corrected chi connectivity index (χ3v) is 3.54. The van der Waals surface area contributed by atoms with E-state index in [1.54, 1.807) is 0 Å². The molecule has 0 bridgehead atoms. The molecule has 0 aromatic carbocycles. The summed E-state index contributed by atoms with van der Waals surface area (Å²) in [6.45, 7) is 6.27. The second-order valence-electron chi connectivity index (χ2n) is 5.42. The van der Waals surface area contributed by atoms with Crippen molar-refractivity contribution in [2.45, 2.75) is 58.0 Å². The zero-order valence-corrected chi connectivity index (χ0v) is 10.3. The zero-order chi connectivity index (χ0) is 11.8. The van der Waals surface area contributed by atoms with E-state index in [-0.39, 0.29) is 17.5 Å². The smallest absolute Gasteiger partial charge is 0.252 e. The molecule has 2 fully saturated rings. The summed E-state index contributed by atoms with van der Waals surface area (Å²) in [6, 6.07) is 0.209. The molecular weight excluding hydrogens is 202 g/mol. The molecule has 1 spiro atoms. The lowest BCUT2D eigenvalue weighted by molar-refractivity contribution is -0.125. The maximum absolute atomic E-state index is 12.0. The van der Waals surface area contributed by atoms with Gasteiger partial charge in [0.2, 0.25) is 0 Å². The Morgan fingerprint density at radius 3 is 2.56 bits per heavy atom. The molecule has 16 heavy (non-hydrogen) atoms. The maximum Gasteiger partial charge on any atom is 0.252 e. The molecule has 1 heterocycles. The number of carbonyl (C=O) groups is 1. The molecule has 0 aromatic heterocycles. The molecule has 0 radical (unpaired) electrons. The number of amides is 1. The van der Waals surface area contributed by atoms with Gasteiger partial charge in [0.05, 0.1) is 0 Å². The average Bonchev–Trinajstić information content (AvgIpc) is 2.48. The van der Waals surface area contributed by atoms with Crippen molar-refractivity contribution < 1.29 is 4.79 Å². The molecular formula is C12H21N3O. The second-order valence-corrected chi connectivity index (χ2v) is 5.42. The van der Waals surface area contributed by atoms with Crippen LogP contribution in [-0.4, -0.2) is 23.4 Å². The van der Waals surface area contributed by atoms with E-state index in [1.165, 1.54) is 0 Å². The Morgan fingerprint density at radius 1 is 1.38 bits per heavy atom. The average molecular weight is 223 g/mol. The fourth-order valence-corrected chi connectivity index (χ4v) is 2.47. The van der Waals surface area contributed by atoms with Gasteiger partial charge in [-0.15, -0.1) is 0 Å². The molecule has 0 unspecified atom stereocenters. The molecule has 90 valence electrons. The predicted octanol–water partition coefficient (Wildman–Crippen LogP) is 1.42. The lowest BCUT2D eigenvalue weighted by atomic mass is 9.77. The zero-order valence-electron chi connectivity index (χ0n) is 10.3. The minimum atomic E-state index is -0.361. The summed E-state index contributed by atoms with van der Waals surface area (Å²) < 4.78 is 0. The molecule has 1 aliphatic carbocycles. The number of nitrogens with zero attached hydrogens (tertiary/aromatic N) is 1. The van der Waals surface area contributed by atoms with Crippen molar-refractivity contribution in [1.29, 1.82) is 0 Å². The molecule has 4 nitrogen and oxygen atoms in total. The summed E-state index contributed by atoms with van der Waals surface area (Å²) in [4.78, 5) is 16.4. The highest BCUT2D eigenvalue weighted by Gasteiger charge is 2.46. The number of guanidine groups is 1. The van der Waals surface area contributed by atoms with E-state index in [1.807, 2.05) is 13.8 Å². The van der Waals surface area contributed by atoms with Crippen molar-refractivity contribution in [3.8, 4) is 0 Å². The summed E-state index contributed by atoms with van der Waals surface area (Å²) in [6.07, 6.45) is 4.10. The third-order valence-electron chi connectivity index (χ3n) is 3.54. The monoisotopic (exact) mass is 223 g/mol. The molecule has 0 atom stereocenters. The van der Waals surface area contributed by atoms with Crippen LogP contribution in [0.2, 0.25) is 0 Å². The first-order valence-electron chi connectivity index (χ1n) is 6.19. The van der Waals surface area contributed by atoms with Gasteiger partial charge < -0.3 is 5.32 Å². The van der Waals surface area contributed by atoms with E-state index < -0.39 is 0 Å². The lowest BCUT2D eigenvalue weighted by Crippen LogP contribution is -2.49. The van der Waals surface area contributed by atoms with Crippen molar-refractivity contribution in [2.75, 3.05) is 0 Å². The Morgan fingerprint density at radius 2 is 2.00 bits per heavy atom. The molecule has 1 aliphatic heterocycles. The number of nitrogens with one attached hydrogen (secondary N) is 2. The van der Waals surface area contributed by atoms with E-state index in [0.29, 0.717) is 5.96 Å². The minimum absolute atomic E-state index is 0.110. The first-order valence-corrected chi connectivity index (χ1v) is 6.19. The number of hydrogen-bond acceptors (Lipinski definition) is 2. The van der Waals surface area contributed by atoms with Crippen LogP contribution in [0.1, 0.15) is 46.5 Å². The van der Waals surface area contributed by atoms with Gasteiger partial charge >= 0.3 is 0 Å². The van der Waals surface area contributed by atoms with Gasteiger partial charge in [-0.2, -0.15) is 0 Å². The molecule has 1 amide bonds. The fraction of sp³-hybridized carbons (Fsp3) is 0.833. The van der Waals surface area contributed by atoms with Crippen molar-refractivity contribution in [1.82, 2.24) is 10.6 Å². The third kappa shape index (κ3) is 2.06. The highest BCUT2D eigenvalue weighted by Crippen LogP contribution is 2.33. The first-order chi connectivity index (χ1) is 7.52. The maximum atomic E-state index is 12.0. The van der Waals surface area contributed by atoms with Crippen LogP contribution in [0.3, 0.4) is 0 Å². The summed E-state index contributed by atoms with van der Waals surface area (Å²) in [7, 11) is 0. The molecule has 0 aromatic rings. The van der Waals surface area contributed by atoms with Crippen LogP contribution in [0, 0.1) is 5.92 Å². The minimum Gasteiger partial charge on any atom is -0.342 e. The molecule has 2 rings (SSSR count). The van der Waals surface area contributed by atoms with Gasteiger partial charge in [-0.3, -0.25) is 15.1 Å². The molecule has 4 heteroatoms. The Balaban J connectivity index is 2.10. The van der Waals surface area contributed by atoms with Crippen LogP contribution < -0.4 is 10.6 Å². The Bertz CT molecular complexity index is 314. The number of hydrogen-bond donors (Lipinski definition) is 2. The SMILES string of the molecule is CC1CCC2(CC1)NC(=NC(C)C)NC2=O. The number of carbonyl (C=O) groups excluding carboxylic acids is 1. The van der Waals surface area contributed by atoms with Crippen LogP contribution in [0.15, 0.2) is 4.99 Å². The van der Waals surface area contributed by atoms with Crippen molar-refractivity contribution in [3.05, 3.63) is 0 Å². The summed E-state index contributed by atoms with van der Waals surface area (Å²) in [5.74, 6) is 1.51. The van der Waals surface area contributed by atoms with Gasteiger partial charge in [-0.05, 0) is 45.4 Å². The van der Waals surface area contributed by atoms with Gasteiger partial charge in [0.15, 0.2) is 5.96 Å². The largest absolute Gasteiger partial charge is 0.342 e. The fourth-order valence-electron chi connectivity index (χ4n) is 2.47. The van der Waals surface area contributed by atoms with E-state index >= 15 is 0 Å². The van der Waals surface area contributed by atoms with Gasteiger partial charge in [-0.25, -0.2) is 0 Å². The van der Waals surface area contributed by atoms with Gasteiger partial charge in [0.25, 0.3) is 5.91 Å². The Hall–Kier alpha value is -1.06. The summed E-state index contributed by atoms with van der Waals surface area (Å²) >= 11 is 0. The summed E-state index contributed by atoms with van der Waals surface area (Å²) in [5, 5.41) is 6.16. The van der Waals surface area contributed by atoms with Crippen molar-refractivity contribution in [3.63, 3.8) is 0 Å². The van der Waals surface area contributed by atoms with E-state index in [4.69, 9.17) is 0 Å². The van der Waals surface area contributed by atoms with E-state index in [9.17, 15) is 4.79 Å².